The third-order valence-electron chi connectivity index (χ3n) is 5.43. The van der Waals surface area contributed by atoms with E-state index in [4.69, 9.17) is 4.55 Å². The van der Waals surface area contributed by atoms with Crippen LogP contribution in [0.3, 0.4) is 0 Å². The zero-order chi connectivity index (χ0) is 21.6. The fourth-order valence-corrected chi connectivity index (χ4v) is 4.05. The van der Waals surface area contributed by atoms with Gasteiger partial charge in [-0.15, -0.1) is 0 Å². The lowest BCUT2D eigenvalue weighted by molar-refractivity contribution is 0.102. The third-order valence-corrected chi connectivity index (χ3v) is 6.11. The monoisotopic (exact) mass is 435 g/mol. The fraction of sp³-hybridized carbons (Fsp3) is 0.208. The number of piperazine rings is 1. The maximum atomic E-state index is 12.5. The van der Waals surface area contributed by atoms with Crippen molar-refractivity contribution in [3.63, 3.8) is 0 Å². The molecule has 1 atom stereocenters. The van der Waals surface area contributed by atoms with Crippen LogP contribution in [-0.4, -0.2) is 45.7 Å². The van der Waals surface area contributed by atoms with E-state index in [-0.39, 0.29) is 5.91 Å². The van der Waals surface area contributed by atoms with Crippen LogP contribution in [0.2, 0.25) is 0 Å². The second kappa shape index (κ2) is 9.87. The predicted molar refractivity (Wildman–Crippen MR) is 124 cm³/mol. The first-order chi connectivity index (χ1) is 15.1. The maximum Gasteiger partial charge on any atom is 0.255 e. The first-order valence-corrected chi connectivity index (χ1v) is 11.3. The van der Waals surface area contributed by atoms with Crippen molar-refractivity contribution >= 4 is 28.4 Å². The molecule has 0 aromatic heterocycles. The van der Waals surface area contributed by atoms with Crippen molar-refractivity contribution in [2.24, 2.45) is 0 Å². The van der Waals surface area contributed by atoms with Gasteiger partial charge in [-0.05, 0) is 54.1 Å². The van der Waals surface area contributed by atoms with Crippen molar-refractivity contribution in [3.05, 3.63) is 90.0 Å². The third kappa shape index (κ3) is 5.58. The van der Waals surface area contributed by atoms with Gasteiger partial charge < -0.3 is 14.8 Å². The molecule has 1 saturated heterocycles. The van der Waals surface area contributed by atoms with Crippen LogP contribution in [0.1, 0.15) is 15.9 Å². The normalized spacial score (nSPS) is 15.5. The highest BCUT2D eigenvalue weighted by Gasteiger charge is 2.17. The second-order valence-electron chi connectivity index (χ2n) is 7.52. The summed E-state index contributed by atoms with van der Waals surface area (Å²) in [5.74, 6) is -0.208. The van der Waals surface area contributed by atoms with Crippen molar-refractivity contribution in [1.82, 2.24) is 4.90 Å². The number of carbonyl (C=O) groups is 1. The molecule has 0 radical (unpaired) electrons. The standard InChI is InChI=1S/C24H25N3O3S/c28-24(25-21-10-12-23(13-11-21)31(29)30)20-8-6-19(7-9-20)18-26-14-16-27(17-15-26)22-4-2-1-3-5-22/h1-13H,14-18H2,(H,25,28)(H,29,30). The van der Waals surface area contributed by atoms with E-state index in [1.165, 1.54) is 23.4 Å². The highest BCUT2D eigenvalue weighted by atomic mass is 32.2. The van der Waals surface area contributed by atoms with E-state index in [9.17, 15) is 9.00 Å². The van der Waals surface area contributed by atoms with E-state index in [1.807, 2.05) is 30.3 Å². The highest BCUT2D eigenvalue weighted by molar-refractivity contribution is 7.79. The number of nitrogens with one attached hydrogen (secondary N) is 1. The molecular weight excluding hydrogens is 410 g/mol. The van der Waals surface area contributed by atoms with Gasteiger partial charge in [-0.1, -0.05) is 30.3 Å². The smallest absolute Gasteiger partial charge is 0.255 e. The molecular formula is C24H25N3O3S. The number of rotatable bonds is 6. The van der Waals surface area contributed by atoms with E-state index in [2.05, 4.69) is 39.4 Å². The molecule has 3 aromatic rings. The van der Waals surface area contributed by atoms with Crippen LogP contribution in [0.4, 0.5) is 11.4 Å². The van der Waals surface area contributed by atoms with Crippen LogP contribution < -0.4 is 10.2 Å². The molecule has 1 aliphatic rings. The predicted octanol–water partition coefficient (Wildman–Crippen LogP) is 3.84. The van der Waals surface area contributed by atoms with Crippen LogP contribution in [0.25, 0.3) is 0 Å². The molecule has 3 aromatic carbocycles. The highest BCUT2D eigenvalue weighted by Crippen LogP contribution is 2.18. The van der Waals surface area contributed by atoms with Crippen molar-refractivity contribution in [1.29, 1.82) is 0 Å². The summed E-state index contributed by atoms with van der Waals surface area (Å²) in [6, 6.07) is 24.4. The Morgan fingerprint density at radius 2 is 1.52 bits per heavy atom. The van der Waals surface area contributed by atoms with Gasteiger partial charge in [0, 0.05) is 49.7 Å². The Hall–Kier alpha value is -3.00. The summed E-state index contributed by atoms with van der Waals surface area (Å²) >= 11 is -2.02. The van der Waals surface area contributed by atoms with Crippen LogP contribution in [-0.2, 0) is 17.6 Å². The minimum absolute atomic E-state index is 0.208. The van der Waals surface area contributed by atoms with Crippen molar-refractivity contribution in [2.45, 2.75) is 11.4 Å². The molecule has 0 saturated carbocycles. The first-order valence-electron chi connectivity index (χ1n) is 10.2. The van der Waals surface area contributed by atoms with Gasteiger partial charge in [0.15, 0.2) is 11.1 Å². The van der Waals surface area contributed by atoms with E-state index >= 15 is 0 Å². The molecule has 160 valence electrons. The van der Waals surface area contributed by atoms with Crippen LogP contribution >= 0.6 is 0 Å². The molecule has 1 fully saturated rings. The Morgan fingerprint density at radius 1 is 0.871 bits per heavy atom. The number of carbonyl (C=O) groups excluding carboxylic acids is 1. The van der Waals surface area contributed by atoms with Gasteiger partial charge in [0.05, 0.1) is 4.90 Å². The second-order valence-corrected chi connectivity index (χ2v) is 8.49. The number of nitrogens with zero attached hydrogens (tertiary/aromatic N) is 2. The van der Waals surface area contributed by atoms with E-state index in [0.717, 1.165) is 32.7 Å². The summed E-state index contributed by atoms with van der Waals surface area (Å²) in [6.07, 6.45) is 0. The fourth-order valence-electron chi connectivity index (χ4n) is 3.68. The average molecular weight is 436 g/mol. The topological polar surface area (TPSA) is 72.9 Å². The van der Waals surface area contributed by atoms with Crippen molar-refractivity contribution in [2.75, 3.05) is 36.4 Å². The van der Waals surface area contributed by atoms with Gasteiger partial charge in [0.2, 0.25) is 0 Å². The SMILES string of the molecule is O=C(Nc1ccc(S(=O)O)cc1)c1ccc(CN2CCN(c3ccccc3)CC2)cc1. The van der Waals surface area contributed by atoms with Gasteiger partial charge in [-0.2, -0.15) is 0 Å². The molecule has 1 aliphatic heterocycles. The number of hydrogen-bond acceptors (Lipinski definition) is 4. The lowest BCUT2D eigenvalue weighted by Crippen LogP contribution is -2.45. The molecule has 0 bridgehead atoms. The molecule has 31 heavy (non-hydrogen) atoms. The van der Waals surface area contributed by atoms with Crippen LogP contribution in [0.15, 0.2) is 83.8 Å². The van der Waals surface area contributed by atoms with Crippen LogP contribution in [0.5, 0.6) is 0 Å². The Bertz CT molecular complexity index is 1030. The molecule has 0 spiro atoms. The molecule has 1 unspecified atom stereocenters. The van der Waals surface area contributed by atoms with Gasteiger partial charge in [-0.25, -0.2) is 4.21 Å². The number of hydrogen-bond donors (Lipinski definition) is 2. The minimum atomic E-state index is -2.02. The number of para-hydroxylation sites is 1. The lowest BCUT2D eigenvalue weighted by atomic mass is 10.1. The van der Waals surface area contributed by atoms with Gasteiger partial charge in [0.1, 0.15) is 0 Å². The minimum Gasteiger partial charge on any atom is -0.369 e. The van der Waals surface area contributed by atoms with Crippen LogP contribution in [0, 0.1) is 0 Å². The Kier molecular flexibility index (Phi) is 6.76. The molecule has 1 amide bonds. The lowest BCUT2D eigenvalue weighted by Gasteiger charge is -2.36. The molecule has 2 N–H and O–H groups in total. The number of benzene rings is 3. The molecule has 0 aliphatic carbocycles. The Balaban J connectivity index is 1.29. The first kappa shape index (κ1) is 21.2. The largest absolute Gasteiger partial charge is 0.369 e. The quantitative estimate of drug-likeness (QED) is 0.576. The van der Waals surface area contributed by atoms with E-state index in [1.54, 1.807) is 12.1 Å². The summed E-state index contributed by atoms with van der Waals surface area (Å²) in [7, 11) is 0. The summed E-state index contributed by atoms with van der Waals surface area (Å²) in [6.45, 7) is 4.89. The van der Waals surface area contributed by atoms with Gasteiger partial charge in [0.25, 0.3) is 5.91 Å². The summed E-state index contributed by atoms with van der Waals surface area (Å²) < 4.78 is 20.1. The Morgan fingerprint density at radius 3 is 2.13 bits per heavy atom. The van der Waals surface area contributed by atoms with Crippen molar-refractivity contribution < 1.29 is 13.6 Å². The molecule has 7 heteroatoms. The van der Waals surface area contributed by atoms with Crippen molar-refractivity contribution in [3.8, 4) is 0 Å². The Labute approximate surface area is 184 Å². The van der Waals surface area contributed by atoms with Gasteiger partial charge >= 0.3 is 0 Å². The van der Waals surface area contributed by atoms with E-state index < -0.39 is 11.1 Å². The number of anilines is 2. The summed E-state index contributed by atoms with van der Waals surface area (Å²) in [5.41, 5.74) is 3.61. The number of amides is 1. The zero-order valence-electron chi connectivity index (χ0n) is 17.1. The molecule has 6 nitrogen and oxygen atoms in total. The molecule has 1 heterocycles. The summed E-state index contributed by atoms with van der Waals surface area (Å²) in [4.78, 5) is 17.6. The summed E-state index contributed by atoms with van der Waals surface area (Å²) in [5, 5.41) is 2.81. The maximum absolute atomic E-state index is 12.5. The average Bonchev–Trinajstić information content (AvgIpc) is 2.81. The van der Waals surface area contributed by atoms with E-state index in [0.29, 0.717) is 16.1 Å². The van der Waals surface area contributed by atoms with Gasteiger partial charge in [-0.3, -0.25) is 9.69 Å². The zero-order valence-corrected chi connectivity index (χ0v) is 17.9. The molecule has 4 rings (SSSR count).